The molecule has 1 aromatic rings. The van der Waals surface area contributed by atoms with Crippen molar-refractivity contribution in [3.05, 3.63) is 77.7 Å². The van der Waals surface area contributed by atoms with E-state index in [4.69, 9.17) is 4.99 Å². The van der Waals surface area contributed by atoms with Gasteiger partial charge in [-0.2, -0.15) is 0 Å². The van der Waals surface area contributed by atoms with Crippen molar-refractivity contribution in [2.45, 2.75) is 91.9 Å². The van der Waals surface area contributed by atoms with Crippen LogP contribution in [0.5, 0.6) is 0 Å². The molecular formula is C37H58FN5OS. The van der Waals surface area contributed by atoms with Crippen LogP contribution in [0.25, 0.3) is 0 Å². The minimum Gasteiger partial charge on any atom is -0.359 e. The first-order valence-corrected chi connectivity index (χ1v) is 18.5. The average molecular weight is 640 g/mol. The molecule has 1 aromatic carbocycles. The number of amidine groups is 1. The lowest BCUT2D eigenvalue weighted by molar-refractivity contribution is 0.152. The molecule has 3 saturated heterocycles. The number of fused-ring (bicyclic) bond motifs is 1. The summed E-state index contributed by atoms with van der Waals surface area (Å²) in [4.78, 5) is 12.3. The second-order valence-electron chi connectivity index (χ2n) is 12.9. The molecule has 0 radical (unpaired) electrons. The molecule has 250 valence electrons. The Labute approximate surface area is 274 Å². The molecule has 1 atom stereocenters. The zero-order chi connectivity index (χ0) is 33.5. The number of aliphatic imine (C=N–C) groups is 1. The highest BCUT2D eigenvalue weighted by Gasteiger charge is 2.37. The molecule has 4 aliphatic heterocycles. The highest BCUT2D eigenvalue weighted by molar-refractivity contribution is 7.98. The first-order chi connectivity index (χ1) is 21.3. The van der Waals surface area contributed by atoms with E-state index in [0.29, 0.717) is 24.4 Å². The van der Waals surface area contributed by atoms with Gasteiger partial charge in [0, 0.05) is 56.9 Å². The Balaban J connectivity index is 0.000000251. The van der Waals surface area contributed by atoms with Crippen LogP contribution in [0.3, 0.4) is 0 Å². The highest BCUT2D eigenvalue weighted by Crippen LogP contribution is 2.39. The van der Waals surface area contributed by atoms with Crippen LogP contribution in [0.2, 0.25) is 0 Å². The lowest BCUT2D eigenvalue weighted by Crippen LogP contribution is -2.50. The molecule has 45 heavy (non-hydrogen) atoms. The number of hydrogen-bond acceptors (Lipinski definition) is 5. The molecule has 6 nitrogen and oxygen atoms in total. The second kappa shape index (κ2) is 15.6. The quantitative estimate of drug-likeness (QED) is 0.297. The molecule has 0 aliphatic carbocycles. The van der Waals surface area contributed by atoms with Crippen LogP contribution in [0.4, 0.5) is 4.39 Å². The van der Waals surface area contributed by atoms with Gasteiger partial charge in [0.15, 0.2) is 0 Å². The maximum absolute atomic E-state index is 13.8. The minimum atomic E-state index is -2.68. The lowest BCUT2D eigenvalue weighted by atomic mass is 9.81. The van der Waals surface area contributed by atoms with Crippen molar-refractivity contribution in [2.75, 3.05) is 45.8 Å². The zero-order valence-corrected chi connectivity index (χ0v) is 30.0. The van der Waals surface area contributed by atoms with E-state index in [1.165, 1.54) is 49.8 Å². The second-order valence-corrected chi connectivity index (χ2v) is 15.1. The molecule has 4 heterocycles. The Morgan fingerprint density at radius 3 is 2.16 bits per heavy atom. The number of piperazine rings is 1. The molecular weight excluding hydrogens is 582 g/mol. The Morgan fingerprint density at radius 2 is 1.58 bits per heavy atom. The number of allylic oxidation sites excluding steroid dienone is 2. The van der Waals surface area contributed by atoms with Gasteiger partial charge in [-0.25, -0.2) is 17.9 Å². The van der Waals surface area contributed by atoms with Crippen LogP contribution in [0.1, 0.15) is 86.1 Å². The largest absolute Gasteiger partial charge is 0.359 e. The average Bonchev–Trinajstić information content (AvgIpc) is 3.04. The predicted octanol–water partition coefficient (Wildman–Crippen LogP) is 7.86. The van der Waals surface area contributed by atoms with Gasteiger partial charge in [-0.05, 0) is 87.1 Å². The summed E-state index contributed by atoms with van der Waals surface area (Å²) in [5.41, 5.74) is 5.36. The van der Waals surface area contributed by atoms with Crippen molar-refractivity contribution in [1.29, 1.82) is 0 Å². The van der Waals surface area contributed by atoms with Crippen molar-refractivity contribution in [2.24, 2.45) is 10.4 Å². The summed E-state index contributed by atoms with van der Waals surface area (Å²) in [5, 5.41) is 0. The number of halogens is 1. The molecule has 0 bridgehead atoms. The van der Waals surface area contributed by atoms with Crippen LogP contribution < -0.4 is 0 Å². The smallest absolute Gasteiger partial charge is 0.124 e. The fourth-order valence-electron chi connectivity index (χ4n) is 6.53. The van der Waals surface area contributed by atoms with Crippen molar-refractivity contribution in [3.63, 3.8) is 0 Å². The number of hydrogen-bond donors (Lipinski definition) is 0. The number of aryl methyl sites for hydroxylation is 1. The third-order valence-corrected chi connectivity index (χ3v) is 11.5. The zero-order valence-electron chi connectivity index (χ0n) is 29.2. The van der Waals surface area contributed by atoms with E-state index >= 15 is 0 Å². The number of rotatable bonds is 6. The Morgan fingerprint density at radius 1 is 0.978 bits per heavy atom. The van der Waals surface area contributed by atoms with Crippen LogP contribution in [-0.2, 0) is 16.1 Å². The lowest BCUT2D eigenvalue weighted by Gasteiger charge is -2.44. The van der Waals surface area contributed by atoms with E-state index in [9.17, 15) is 8.60 Å². The van der Waals surface area contributed by atoms with Gasteiger partial charge < -0.3 is 14.7 Å². The molecule has 0 saturated carbocycles. The molecule has 0 N–H and O–H groups in total. The molecule has 0 spiro atoms. The van der Waals surface area contributed by atoms with Gasteiger partial charge in [-0.15, -0.1) is 0 Å². The van der Waals surface area contributed by atoms with Gasteiger partial charge in [0.05, 0.1) is 26.1 Å². The van der Waals surface area contributed by atoms with E-state index in [-0.39, 0.29) is 11.2 Å². The summed E-state index contributed by atoms with van der Waals surface area (Å²) < 4.78 is 29.1. The van der Waals surface area contributed by atoms with E-state index in [1.54, 1.807) is 6.07 Å². The number of nitrogens with zero attached hydrogens (tertiary/aromatic N) is 5. The SMILES string of the molecule is C=C(C)C1=C(C)C(=C)N2CCCC(C)(C)C2=N1.C=C(N1CCCCC1)N1CCN(S(=C)(=O)c2cc(F)ccc2CC)CC1.CC. The summed E-state index contributed by atoms with van der Waals surface area (Å²) in [7, 11) is -2.68. The van der Waals surface area contributed by atoms with E-state index in [0.717, 1.165) is 66.9 Å². The third-order valence-electron chi connectivity index (χ3n) is 9.28. The van der Waals surface area contributed by atoms with Crippen molar-refractivity contribution >= 4 is 21.4 Å². The number of benzene rings is 1. The van der Waals surface area contributed by atoms with E-state index < -0.39 is 9.71 Å². The monoisotopic (exact) mass is 639 g/mol. The Hall–Kier alpha value is -2.84. The third kappa shape index (κ3) is 8.31. The maximum Gasteiger partial charge on any atom is 0.124 e. The van der Waals surface area contributed by atoms with Crippen LogP contribution in [-0.4, -0.2) is 80.7 Å². The number of likely N-dealkylation sites (tertiary alicyclic amines) is 1. The first-order valence-electron chi connectivity index (χ1n) is 16.8. The summed E-state index contributed by atoms with van der Waals surface area (Å²) in [5.74, 6) is 5.90. The summed E-state index contributed by atoms with van der Waals surface area (Å²) in [6, 6.07) is 4.55. The van der Waals surface area contributed by atoms with Crippen molar-refractivity contribution < 1.29 is 8.60 Å². The molecule has 0 amide bonds. The van der Waals surface area contributed by atoms with Crippen molar-refractivity contribution in [3.8, 4) is 0 Å². The molecule has 1 unspecified atom stereocenters. The van der Waals surface area contributed by atoms with Gasteiger partial charge in [0.25, 0.3) is 0 Å². The van der Waals surface area contributed by atoms with Gasteiger partial charge in [-0.1, -0.05) is 60.4 Å². The summed E-state index contributed by atoms with van der Waals surface area (Å²) in [6.07, 6.45) is 6.87. The van der Waals surface area contributed by atoms with Gasteiger partial charge in [0.1, 0.15) is 11.7 Å². The molecule has 4 aliphatic rings. The topological polar surface area (TPSA) is 42.4 Å². The Bertz CT molecular complexity index is 1410. The van der Waals surface area contributed by atoms with Crippen LogP contribution in [0.15, 0.2) is 76.2 Å². The van der Waals surface area contributed by atoms with Crippen molar-refractivity contribution in [1.82, 2.24) is 19.0 Å². The fraction of sp³-hybridized carbons (Fsp3) is 0.568. The first kappa shape index (κ1) is 36.6. The molecule has 8 heteroatoms. The fourth-order valence-corrected chi connectivity index (χ4v) is 8.48. The van der Waals surface area contributed by atoms with Gasteiger partial charge in [-0.3, -0.25) is 0 Å². The van der Waals surface area contributed by atoms with E-state index in [2.05, 4.69) is 61.1 Å². The number of piperidine rings is 2. The standard InChI is InChI=1S/C20H30FN3OS.C15H22N2.C2H6/c1-4-18-8-9-19(21)16-20(18)26(3,25)24-14-12-23(13-15-24)17(2)22-10-6-5-7-11-22;1-10(2)13-11(3)12(4)17-9-7-8-15(5,6)14(17)16-13;1-2/h8-9,16H,2-7,10-15H2,1H3;1,4,7-9H2,2-3,5-6H3;1-2H3. The summed E-state index contributed by atoms with van der Waals surface area (Å²) >= 11 is 0. The predicted molar refractivity (Wildman–Crippen MR) is 192 cm³/mol. The minimum absolute atomic E-state index is 0.141. The van der Waals surface area contributed by atoms with Gasteiger partial charge in [0.2, 0.25) is 0 Å². The molecule has 3 fully saturated rings. The molecule has 5 rings (SSSR count). The highest BCUT2D eigenvalue weighted by atomic mass is 32.2. The molecule has 0 aromatic heterocycles. The summed E-state index contributed by atoms with van der Waals surface area (Å²) in [6.45, 7) is 33.2. The normalized spacial score (nSPS) is 21.4. The van der Waals surface area contributed by atoms with Gasteiger partial charge >= 0.3 is 0 Å². The maximum atomic E-state index is 13.8. The Kier molecular flexibility index (Phi) is 12.7. The van der Waals surface area contributed by atoms with Crippen LogP contribution >= 0.6 is 0 Å². The van der Waals surface area contributed by atoms with Crippen LogP contribution in [0, 0.1) is 11.2 Å². The van der Waals surface area contributed by atoms with E-state index in [1.807, 2.05) is 32.0 Å².